The lowest BCUT2D eigenvalue weighted by atomic mass is 10.1. The molecule has 0 aliphatic carbocycles. The predicted octanol–water partition coefficient (Wildman–Crippen LogP) is 4.14. The number of amides is 1. The van der Waals surface area contributed by atoms with Crippen LogP contribution in [0.15, 0.2) is 54.6 Å². The summed E-state index contributed by atoms with van der Waals surface area (Å²) in [6.07, 6.45) is 0.131. The first kappa shape index (κ1) is 16.1. The van der Waals surface area contributed by atoms with Crippen LogP contribution in [0.25, 0.3) is 0 Å². The first-order valence-corrected chi connectivity index (χ1v) is 7.70. The predicted molar refractivity (Wildman–Crippen MR) is 89.1 cm³/mol. The van der Waals surface area contributed by atoms with Crippen molar-refractivity contribution >= 4 is 5.91 Å². The summed E-state index contributed by atoms with van der Waals surface area (Å²) in [6, 6.07) is 17.4. The van der Waals surface area contributed by atoms with E-state index >= 15 is 0 Å². The Morgan fingerprint density at radius 1 is 1.05 bits per heavy atom. The number of hydrogen-bond acceptors (Lipinski definition) is 2. The van der Waals surface area contributed by atoms with E-state index in [0.717, 1.165) is 11.3 Å². The maximum absolute atomic E-state index is 12.6. The van der Waals surface area contributed by atoms with E-state index in [0.29, 0.717) is 18.7 Å². The highest BCUT2D eigenvalue weighted by Crippen LogP contribution is 2.16. The number of ether oxygens (including phenoxy) is 1. The maximum Gasteiger partial charge on any atom is 0.254 e. The number of carbonyl (C=O) groups is 1. The van der Waals surface area contributed by atoms with Gasteiger partial charge in [0.2, 0.25) is 0 Å². The van der Waals surface area contributed by atoms with E-state index in [1.165, 1.54) is 0 Å². The Labute approximate surface area is 132 Å². The van der Waals surface area contributed by atoms with Crippen LogP contribution in [-0.2, 0) is 6.54 Å². The molecular formula is C19H23NO2. The van der Waals surface area contributed by atoms with Gasteiger partial charge in [-0.2, -0.15) is 0 Å². The zero-order chi connectivity index (χ0) is 15.9. The molecule has 0 aliphatic heterocycles. The number of benzene rings is 2. The molecule has 0 atom stereocenters. The zero-order valence-electron chi connectivity index (χ0n) is 13.5. The molecule has 3 nitrogen and oxygen atoms in total. The summed E-state index contributed by atoms with van der Waals surface area (Å²) in [4.78, 5) is 14.4. The second-order valence-electron chi connectivity index (χ2n) is 5.50. The Bertz CT molecular complexity index is 591. The average molecular weight is 297 g/mol. The third-order valence-electron chi connectivity index (χ3n) is 3.36. The highest BCUT2D eigenvalue weighted by molar-refractivity contribution is 5.94. The van der Waals surface area contributed by atoms with Crippen molar-refractivity contribution in [3.8, 4) is 5.75 Å². The molecule has 2 aromatic rings. The highest BCUT2D eigenvalue weighted by atomic mass is 16.5. The molecule has 3 heteroatoms. The van der Waals surface area contributed by atoms with Gasteiger partial charge in [0.15, 0.2) is 0 Å². The molecule has 0 fully saturated rings. The van der Waals surface area contributed by atoms with Gasteiger partial charge in [-0.3, -0.25) is 4.79 Å². The van der Waals surface area contributed by atoms with Crippen LogP contribution in [0.3, 0.4) is 0 Å². The van der Waals surface area contributed by atoms with Gasteiger partial charge in [0.05, 0.1) is 6.10 Å². The highest BCUT2D eigenvalue weighted by Gasteiger charge is 2.14. The van der Waals surface area contributed by atoms with Crippen molar-refractivity contribution in [1.82, 2.24) is 4.90 Å². The average Bonchev–Trinajstić information content (AvgIpc) is 2.53. The zero-order valence-corrected chi connectivity index (χ0v) is 13.5. The van der Waals surface area contributed by atoms with Crippen LogP contribution >= 0.6 is 0 Å². The summed E-state index contributed by atoms with van der Waals surface area (Å²) in [5, 5.41) is 0. The first-order valence-electron chi connectivity index (χ1n) is 7.70. The molecule has 2 rings (SSSR count). The molecule has 116 valence electrons. The van der Waals surface area contributed by atoms with Gasteiger partial charge < -0.3 is 9.64 Å². The number of rotatable bonds is 6. The second-order valence-corrected chi connectivity index (χ2v) is 5.50. The SMILES string of the molecule is CCN(Cc1ccccc1)C(=O)c1ccc(OC(C)C)cc1. The molecule has 0 saturated carbocycles. The minimum absolute atomic E-state index is 0.0439. The number of carbonyl (C=O) groups excluding carboxylic acids is 1. The standard InChI is InChI=1S/C19H23NO2/c1-4-20(14-16-8-6-5-7-9-16)19(21)17-10-12-18(13-11-17)22-15(2)3/h5-13,15H,4,14H2,1-3H3. The van der Waals surface area contributed by atoms with Crippen LogP contribution in [0.2, 0.25) is 0 Å². The van der Waals surface area contributed by atoms with Crippen molar-refractivity contribution < 1.29 is 9.53 Å². The quantitative estimate of drug-likeness (QED) is 0.802. The Hall–Kier alpha value is -2.29. The van der Waals surface area contributed by atoms with Crippen molar-refractivity contribution in [3.05, 3.63) is 65.7 Å². The van der Waals surface area contributed by atoms with E-state index in [9.17, 15) is 4.79 Å². The van der Waals surface area contributed by atoms with Gasteiger partial charge in [0.1, 0.15) is 5.75 Å². The third-order valence-corrected chi connectivity index (χ3v) is 3.36. The molecule has 0 saturated heterocycles. The van der Waals surface area contributed by atoms with Gasteiger partial charge in [-0.15, -0.1) is 0 Å². The lowest BCUT2D eigenvalue weighted by molar-refractivity contribution is 0.0752. The summed E-state index contributed by atoms with van der Waals surface area (Å²) < 4.78 is 5.61. The monoisotopic (exact) mass is 297 g/mol. The van der Waals surface area contributed by atoms with Crippen molar-refractivity contribution in [2.45, 2.75) is 33.4 Å². The summed E-state index contributed by atoms with van der Waals surface area (Å²) in [5.74, 6) is 0.833. The fourth-order valence-corrected chi connectivity index (χ4v) is 2.26. The molecule has 0 spiro atoms. The van der Waals surface area contributed by atoms with Crippen LogP contribution < -0.4 is 4.74 Å². The van der Waals surface area contributed by atoms with Gasteiger partial charge in [-0.05, 0) is 50.6 Å². The molecule has 0 bridgehead atoms. The molecule has 1 amide bonds. The summed E-state index contributed by atoms with van der Waals surface area (Å²) >= 11 is 0. The summed E-state index contributed by atoms with van der Waals surface area (Å²) in [7, 11) is 0. The Balaban J connectivity index is 2.08. The molecule has 0 unspecified atom stereocenters. The smallest absolute Gasteiger partial charge is 0.254 e. The third kappa shape index (κ3) is 4.35. The normalized spacial score (nSPS) is 10.5. The van der Waals surface area contributed by atoms with E-state index in [-0.39, 0.29) is 12.0 Å². The van der Waals surface area contributed by atoms with Crippen molar-refractivity contribution in [2.75, 3.05) is 6.54 Å². The van der Waals surface area contributed by atoms with Crippen LogP contribution in [0, 0.1) is 0 Å². The number of nitrogens with zero attached hydrogens (tertiary/aromatic N) is 1. The second kappa shape index (κ2) is 7.64. The van der Waals surface area contributed by atoms with Crippen molar-refractivity contribution in [1.29, 1.82) is 0 Å². The first-order chi connectivity index (χ1) is 10.6. The Morgan fingerprint density at radius 2 is 1.68 bits per heavy atom. The molecule has 0 N–H and O–H groups in total. The topological polar surface area (TPSA) is 29.5 Å². The van der Waals surface area contributed by atoms with Gasteiger partial charge in [0.25, 0.3) is 5.91 Å². The molecule has 0 aromatic heterocycles. The van der Waals surface area contributed by atoms with Gasteiger partial charge in [-0.25, -0.2) is 0 Å². The molecule has 0 radical (unpaired) electrons. The van der Waals surface area contributed by atoms with Crippen molar-refractivity contribution in [2.24, 2.45) is 0 Å². The number of hydrogen-bond donors (Lipinski definition) is 0. The van der Waals surface area contributed by atoms with Crippen LogP contribution in [-0.4, -0.2) is 23.5 Å². The van der Waals surface area contributed by atoms with E-state index < -0.39 is 0 Å². The summed E-state index contributed by atoms with van der Waals surface area (Å²) in [5.41, 5.74) is 1.83. The maximum atomic E-state index is 12.6. The Kier molecular flexibility index (Phi) is 5.59. The minimum Gasteiger partial charge on any atom is -0.491 e. The van der Waals surface area contributed by atoms with E-state index in [4.69, 9.17) is 4.74 Å². The van der Waals surface area contributed by atoms with E-state index in [2.05, 4.69) is 0 Å². The van der Waals surface area contributed by atoms with Crippen LogP contribution in [0.5, 0.6) is 5.75 Å². The molecular weight excluding hydrogens is 274 g/mol. The minimum atomic E-state index is 0.0439. The Morgan fingerprint density at radius 3 is 2.23 bits per heavy atom. The van der Waals surface area contributed by atoms with Crippen LogP contribution in [0.1, 0.15) is 36.7 Å². The molecule has 0 aliphatic rings. The molecule has 2 aromatic carbocycles. The molecule has 0 heterocycles. The van der Waals surface area contributed by atoms with Gasteiger partial charge in [-0.1, -0.05) is 30.3 Å². The summed E-state index contributed by atoms with van der Waals surface area (Å²) in [6.45, 7) is 7.27. The van der Waals surface area contributed by atoms with E-state index in [1.54, 1.807) is 0 Å². The lowest BCUT2D eigenvalue weighted by Gasteiger charge is -2.21. The fourth-order valence-electron chi connectivity index (χ4n) is 2.26. The van der Waals surface area contributed by atoms with Crippen LogP contribution in [0.4, 0.5) is 0 Å². The largest absolute Gasteiger partial charge is 0.491 e. The van der Waals surface area contributed by atoms with E-state index in [1.807, 2.05) is 80.3 Å². The fraction of sp³-hybridized carbons (Fsp3) is 0.316. The van der Waals surface area contributed by atoms with Crippen molar-refractivity contribution in [3.63, 3.8) is 0 Å². The van der Waals surface area contributed by atoms with Gasteiger partial charge >= 0.3 is 0 Å². The lowest BCUT2D eigenvalue weighted by Crippen LogP contribution is -2.30. The molecule has 22 heavy (non-hydrogen) atoms. The van der Waals surface area contributed by atoms with Gasteiger partial charge in [0, 0.05) is 18.7 Å².